The molecule has 0 aliphatic carbocycles. The molecule has 2 heterocycles. The Morgan fingerprint density at radius 1 is 1.37 bits per heavy atom. The molecule has 1 fully saturated rings. The summed E-state index contributed by atoms with van der Waals surface area (Å²) in [5.41, 5.74) is 1.53. The van der Waals surface area contributed by atoms with Gasteiger partial charge in [-0.15, -0.1) is 0 Å². The molecule has 1 aliphatic heterocycles. The van der Waals surface area contributed by atoms with Crippen LogP contribution in [0, 0.1) is 11.6 Å². The Balaban J connectivity index is 1.85. The van der Waals surface area contributed by atoms with Gasteiger partial charge in [-0.05, 0) is 25.5 Å². The first-order valence-electron chi connectivity index (χ1n) is 6.41. The van der Waals surface area contributed by atoms with Gasteiger partial charge >= 0.3 is 0 Å². The fraction of sp³-hybridized carbons (Fsp3) is 0.357. The van der Waals surface area contributed by atoms with E-state index >= 15 is 0 Å². The summed E-state index contributed by atoms with van der Waals surface area (Å²) in [4.78, 5) is 4.14. The second kappa shape index (κ2) is 5.09. The Hall–Kier alpha value is -1.75. The first kappa shape index (κ1) is 12.3. The van der Waals surface area contributed by atoms with Crippen molar-refractivity contribution in [1.82, 2.24) is 14.9 Å². The van der Waals surface area contributed by atoms with Crippen LogP contribution in [-0.2, 0) is 6.54 Å². The fourth-order valence-corrected chi connectivity index (χ4v) is 2.52. The molecule has 0 spiro atoms. The van der Waals surface area contributed by atoms with Crippen LogP contribution in [0.2, 0.25) is 0 Å². The van der Waals surface area contributed by atoms with Crippen LogP contribution in [-0.4, -0.2) is 16.1 Å². The van der Waals surface area contributed by atoms with Gasteiger partial charge in [-0.2, -0.15) is 0 Å². The standard InChI is InChI=1S/C14H15F2N3/c15-11-4-3-10(12(16)6-11)8-19-9-17-7-14(19)13-2-1-5-18-13/h3-4,6-7,9,13,18H,1-2,5,8H2/t13-/m0/s1. The van der Waals surface area contributed by atoms with E-state index in [1.165, 1.54) is 12.1 Å². The SMILES string of the molecule is Fc1ccc(Cn2cncc2[C@@H]2CCCN2)c(F)c1. The van der Waals surface area contributed by atoms with Crippen molar-refractivity contribution in [3.8, 4) is 0 Å². The van der Waals surface area contributed by atoms with Gasteiger partial charge in [0.25, 0.3) is 0 Å². The molecule has 0 unspecified atom stereocenters. The minimum absolute atomic E-state index is 0.283. The largest absolute Gasteiger partial charge is 0.329 e. The smallest absolute Gasteiger partial charge is 0.131 e. The molecule has 3 nitrogen and oxygen atoms in total. The molecular formula is C14H15F2N3. The molecule has 5 heteroatoms. The first-order valence-corrected chi connectivity index (χ1v) is 6.41. The monoisotopic (exact) mass is 263 g/mol. The molecule has 0 saturated carbocycles. The molecule has 1 atom stereocenters. The van der Waals surface area contributed by atoms with Crippen LogP contribution in [0.4, 0.5) is 8.78 Å². The Labute approximate surface area is 110 Å². The third kappa shape index (κ3) is 2.51. The van der Waals surface area contributed by atoms with Crippen molar-refractivity contribution in [2.75, 3.05) is 6.54 Å². The van der Waals surface area contributed by atoms with Gasteiger partial charge in [0.15, 0.2) is 0 Å². The minimum Gasteiger partial charge on any atom is -0.329 e. The number of halogens is 2. The van der Waals surface area contributed by atoms with Crippen LogP contribution in [0.15, 0.2) is 30.7 Å². The molecule has 0 radical (unpaired) electrons. The predicted molar refractivity (Wildman–Crippen MR) is 67.7 cm³/mol. The van der Waals surface area contributed by atoms with Crippen molar-refractivity contribution in [2.24, 2.45) is 0 Å². The van der Waals surface area contributed by atoms with Crippen molar-refractivity contribution in [2.45, 2.75) is 25.4 Å². The van der Waals surface area contributed by atoms with E-state index in [0.717, 1.165) is 31.1 Å². The van der Waals surface area contributed by atoms with Gasteiger partial charge < -0.3 is 9.88 Å². The molecule has 1 aromatic heterocycles. The zero-order valence-corrected chi connectivity index (χ0v) is 10.4. The summed E-state index contributed by atoms with van der Waals surface area (Å²) in [5.74, 6) is -1.07. The summed E-state index contributed by atoms with van der Waals surface area (Å²) in [6.07, 6.45) is 5.71. The summed E-state index contributed by atoms with van der Waals surface area (Å²) in [6, 6.07) is 3.96. The Morgan fingerprint density at radius 2 is 2.26 bits per heavy atom. The molecule has 19 heavy (non-hydrogen) atoms. The molecule has 2 aromatic rings. The summed E-state index contributed by atoms with van der Waals surface area (Å²) in [7, 11) is 0. The van der Waals surface area contributed by atoms with Gasteiger partial charge in [0.05, 0.1) is 18.6 Å². The highest BCUT2D eigenvalue weighted by molar-refractivity contribution is 5.20. The van der Waals surface area contributed by atoms with E-state index in [2.05, 4.69) is 10.3 Å². The summed E-state index contributed by atoms with van der Waals surface area (Å²) in [6.45, 7) is 1.38. The zero-order valence-electron chi connectivity index (χ0n) is 10.4. The van der Waals surface area contributed by atoms with Crippen molar-refractivity contribution in [1.29, 1.82) is 0 Å². The lowest BCUT2D eigenvalue weighted by molar-refractivity contribution is 0.550. The third-order valence-corrected chi connectivity index (χ3v) is 3.52. The highest BCUT2D eigenvalue weighted by Crippen LogP contribution is 2.23. The maximum atomic E-state index is 13.7. The number of hydrogen-bond donors (Lipinski definition) is 1. The Morgan fingerprint density at radius 3 is 3.00 bits per heavy atom. The van der Waals surface area contributed by atoms with Gasteiger partial charge in [-0.1, -0.05) is 6.07 Å². The van der Waals surface area contributed by atoms with Crippen molar-refractivity contribution >= 4 is 0 Å². The van der Waals surface area contributed by atoms with Crippen LogP contribution in [0.3, 0.4) is 0 Å². The third-order valence-electron chi connectivity index (χ3n) is 3.52. The lowest BCUT2D eigenvalue weighted by Crippen LogP contribution is -2.17. The van der Waals surface area contributed by atoms with E-state index in [1.54, 1.807) is 6.33 Å². The minimum atomic E-state index is -0.551. The molecular weight excluding hydrogens is 248 g/mol. The average Bonchev–Trinajstić information content (AvgIpc) is 3.03. The number of nitrogens with one attached hydrogen (secondary N) is 1. The number of hydrogen-bond acceptors (Lipinski definition) is 2. The maximum Gasteiger partial charge on any atom is 0.131 e. The highest BCUT2D eigenvalue weighted by atomic mass is 19.1. The van der Waals surface area contributed by atoms with E-state index in [4.69, 9.17) is 0 Å². The van der Waals surface area contributed by atoms with Gasteiger partial charge in [0, 0.05) is 23.9 Å². The molecule has 0 amide bonds. The highest BCUT2D eigenvalue weighted by Gasteiger charge is 2.20. The maximum absolute atomic E-state index is 13.7. The number of nitrogens with zero attached hydrogens (tertiary/aromatic N) is 2. The second-order valence-electron chi connectivity index (χ2n) is 4.83. The normalized spacial score (nSPS) is 18.9. The summed E-state index contributed by atoms with van der Waals surface area (Å²) >= 11 is 0. The van der Waals surface area contributed by atoms with Crippen molar-refractivity contribution < 1.29 is 8.78 Å². The van der Waals surface area contributed by atoms with Crippen molar-refractivity contribution in [3.63, 3.8) is 0 Å². The molecule has 3 rings (SSSR count). The van der Waals surface area contributed by atoms with E-state index in [-0.39, 0.29) is 6.04 Å². The molecule has 1 aliphatic rings. The lowest BCUT2D eigenvalue weighted by Gasteiger charge is -2.14. The first-order chi connectivity index (χ1) is 9.24. The van der Waals surface area contributed by atoms with Gasteiger partial charge in [-0.25, -0.2) is 13.8 Å². The summed E-state index contributed by atoms with van der Waals surface area (Å²) in [5, 5.41) is 3.39. The van der Waals surface area contributed by atoms with Gasteiger partial charge in [-0.3, -0.25) is 0 Å². The van der Waals surface area contributed by atoms with Crippen LogP contribution in [0.5, 0.6) is 0 Å². The number of imidazole rings is 1. The van der Waals surface area contributed by atoms with Crippen LogP contribution in [0.25, 0.3) is 0 Å². The molecule has 0 bridgehead atoms. The molecule has 1 saturated heterocycles. The van der Waals surface area contributed by atoms with E-state index in [1.807, 2.05) is 10.8 Å². The summed E-state index contributed by atoms with van der Waals surface area (Å²) < 4.78 is 28.5. The molecule has 1 N–H and O–H groups in total. The quantitative estimate of drug-likeness (QED) is 0.922. The lowest BCUT2D eigenvalue weighted by atomic mass is 10.1. The van der Waals surface area contributed by atoms with Gasteiger partial charge in [0.1, 0.15) is 11.6 Å². The van der Waals surface area contributed by atoms with E-state index in [9.17, 15) is 8.78 Å². The fourth-order valence-electron chi connectivity index (χ4n) is 2.52. The zero-order chi connectivity index (χ0) is 13.2. The molecule has 1 aromatic carbocycles. The van der Waals surface area contributed by atoms with Crippen molar-refractivity contribution in [3.05, 3.63) is 53.6 Å². The van der Waals surface area contributed by atoms with Crippen LogP contribution in [0.1, 0.15) is 30.1 Å². The van der Waals surface area contributed by atoms with E-state index in [0.29, 0.717) is 12.1 Å². The second-order valence-corrected chi connectivity index (χ2v) is 4.83. The Bertz CT molecular complexity index is 574. The number of benzene rings is 1. The van der Waals surface area contributed by atoms with Crippen LogP contribution >= 0.6 is 0 Å². The van der Waals surface area contributed by atoms with Crippen LogP contribution < -0.4 is 5.32 Å². The topological polar surface area (TPSA) is 29.9 Å². The van der Waals surface area contributed by atoms with E-state index < -0.39 is 11.6 Å². The molecule has 100 valence electrons. The Kier molecular flexibility index (Phi) is 3.29. The number of aromatic nitrogens is 2. The van der Waals surface area contributed by atoms with Gasteiger partial charge in [0.2, 0.25) is 0 Å². The average molecular weight is 263 g/mol. The predicted octanol–water partition coefficient (Wildman–Crippen LogP) is 2.63. The number of rotatable bonds is 3.